The molecule has 3 aromatic carbocycles. The van der Waals surface area contributed by atoms with E-state index in [-0.39, 0.29) is 0 Å². The van der Waals surface area contributed by atoms with Crippen molar-refractivity contribution in [3.63, 3.8) is 0 Å². The second-order valence-electron chi connectivity index (χ2n) is 7.61. The Balaban J connectivity index is 1.41. The number of carbonyl (C=O) groups is 2. The Hall–Kier alpha value is -4.93. The summed E-state index contributed by atoms with van der Waals surface area (Å²) in [5.74, 6) is -4.93. The number of methoxy groups -OCH3 is 1. The summed E-state index contributed by atoms with van der Waals surface area (Å²) in [6.45, 7) is 0. The molecule has 0 saturated carbocycles. The average Bonchev–Trinajstić information content (AvgIpc) is 3.25. The molecule has 0 fully saturated rings. The smallest absolute Gasteiger partial charge is 0.337 e. The molecule has 1 amide bonds. The minimum atomic E-state index is -1.38. The number of amides is 1. The van der Waals surface area contributed by atoms with E-state index >= 15 is 0 Å². The van der Waals surface area contributed by atoms with Crippen molar-refractivity contribution in [2.75, 3.05) is 17.7 Å². The third kappa shape index (κ3) is 4.17. The van der Waals surface area contributed by atoms with E-state index in [9.17, 15) is 22.8 Å². The number of fused-ring (bicyclic) bond motifs is 3. The van der Waals surface area contributed by atoms with Gasteiger partial charge in [0, 0.05) is 22.8 Å². The fourth-order valence-corrected chi connectivity index (χ4v) is 3.62. The molecule has 0 saturated heterocycles. The Morgan fingerprint density at radius 1 is 0.889 bits per heavy atom. The lowest BCUT2D eigenvalue weighted by molar-refractivity contribution is 0.0600. The fraction of sp³-hybridized carbons (Fsp3) is 0.0400. The molecule has 2 heterocycles. The van der Waals surface area contributed by atoms with Gasteiger partial charge >= 0.3 is 5.97 Å². The molecule has 5 aromatic rings. The van der Waals surface area contributed by atoms with Crippen LogP contribution < -0.4 is 10.6 Å². The zero-order chi connectivity index (χ0) is 25.4. The van der Waals surface area contributed by atoms with Crippen molar-refractivity contribution in [1.29, 1.82) is 0 Å². The number of benzene rings is 3. The first kappa shape index (κ1) is 22.8. The van der Waals surface area contributed by atoms with Crippen LogP contribution in [-0.4, -0.2) is 29.0 Å². The van der Waals surface area contributed by atoms with Crippen LogP contribution in [0.3, 0.4) is 0 Å². The van der Waals surface area contributed by atoms with Crippen molar-refractivity contribution in [2.24, 2.45) is 0 Å². The van der Waals surface area contributed by atoms with Crippen molar-refractivity contribution in [1.82, 2.24) is 9.97 Å². The molecule has 8 nitrogen and oxygen atoms in total. The molecule has 0 aliphatic carbocycles. The molecule has 0 aliphatic heterocycles. The molecule has 0 radical (unpaired) electrons. The number of anilines is 3. The van der Waals surface area contributed by atoms with Gasteiger partial charge in [-0.15, -0.1) is 0 Å². The number of esters is 1. The summed E-state index contributed by atoms with van der Waals surface area (Å²) in [7, 11) is 1.29. The maximum absolute atomic E-state index is 13.9. The van der Waals surface area contributed by atoms with E-state index < -0.39 is 34.9 Å². The van der Waals surface area contributed by atoms with Gasteiger partial charge in [-0.2, -0.15) is 0 Å². The second kappa shape index (κ2) is 9.02. The predicted octanol–water partition coefficient (Wildman–Crippen LogP) is 5.58. The van der Waals surface area contributed by atoms with Gasteiger partial charge in [0.25, 0.3) is 5.91 Å². The molecule has 2 N–H and O–H groups in total. The fourth-order valence-electron chi connectivity index (χ4n) is 3.62. The van der Waals surface area contributed by atoms with E-state index in [0.29, 0.717) is 57.0 Å². The zero-order valence-corrected chi connectivity index (χ0v) is 18.4. The lowest BCUT2D eigenvalue weighted by atomic mass is 10.1. The van der Waals surface area contributed by atoms with Gasteiger partial charge in [0.15, 0.2) is 11.6 Å². The van der Waals surface area contributed by atoms with Crippen molar-refractivity contribution >= 4 is 51.1 Å². The first-order valence-electron chi connectivity index (χ1n) is 10.4. The monoisotopic (exact) mass is 492 g/mol. The number of hydrogen-bond acceptors (Lipinski definition) is 7. The lowest BCUT2D eigenvalue weighted by Crippen LogP contribution is -2.14. The van der Waals surface area contributed by atoms with Gasteiger partial charge in [0.05, 0.1) is 23.6 Å². The van der Waals surface area contributed by atoms with E-state index in [1.54, 1.807) is 30.3 Å². The Morgan fingerprint density at radius 2 is 1.61 bits per heavy atom. The summed E-state index contributed by atoms with van der Waals surface area (Å²) in [4.78, 5) is 32.7. The predicted molar refractivity (Wildman–Crippen MR) is 125 cm³/mol. The number of hydrogen-bond donors (Lipinski definition) is 2. The van der Waals surface area contributed by atoms with Crippen LogP contribution in [0.5, 0.6) is 0 Å². The molecule has 0 aliphatic rings. The minimum Gasteiger partial charge on any atom is -0.465 e. The highest BCUT2D eigenvalue weighted by molar-refractivity contribution is 6.11. The van der Waals surface area contributed by atoms with Crippen LogP contribution in [0.2, 0.25) is 0 Å². The van der Waals surface area contributed by atoms with E-state index in [1.165, 1.54) is 25.6 Å². The molecule has 36 heavy (non-hydrogen) atoms. The quantitative estimate of drug-likeness (QED) is 0.244. The van der Waals surface area contributed by atoms with Gasteiger partial charge in [0.2, 0.25) is 5.71 Å². The number of rotatable bonds is 5. The summed E-state index contributed by atoms with van der Waals surface area (Å²) in [5.41, 5.74) is 1.38. The van der Waals surface area contributed by atoms with Crippen LogP contribution in [0.1, 0.15) is 20.7 Å². The molecule has 5 rings (SSSR count). The highest BCUT2D eigenvalue weighted by atomic mass is 19.2. The number of halogens is 3. The SMILES string of the molecule is COC(=O)c1ccc2oc3ncnc(Nc4ccc(NC(=O)c5cc(F)c(F)cc5F)cc4)c3c2c1. The van der Waals surface area contributed by atoms with Crippen LogP contribution in [0, 0.1) is 17.5 Å². The van der Waals surface area contributed by atoms with Gasteiger partial charge < -0.3 is 19.8 Å². The topological polar surface area (TPSA) is 106 Å². The molecule has 0 bridgehead atoms. The second-order valence-corrected chi connectivity index (χ2v) is 7.61. The maximum atomic E-state index is 13.9. The highest BCUT2D eigenvalue weighted by Crippen LogP contribution is 2.34. The van der Waals surface area contributed by atoms with Gasteiger partial charge in [0.1, 0.15) is 23.5 Å². The molecule has 11 heteroatoms. The summed E-state index contributed by atoms with van der Waals surface area (Å²) in [6.07, 6.45) is 1.32. The van der Waals surface area contributed by atoms with Gasteiger partial charge in [-0.3, -0.25) is 4.79 Å². The molecule has 0 atom stereocenters. The Kier molecular flexibility index (Phi) is 5.72. The first-order valence-corrected chi connectivity index (χ1v) is 10.4. The summed E-state index contributed by atoms with van der Waals surface area (Å²) in [6, 6.07) is 11.9. The third-order valence-corrected chi connectivity index (χ3v) is 5.35. The first-order chi connectivity index (χ1) is 17.3. The van der Waals surface area contributed by atoms with Crippen LogP contribution in [0.25, 0.3) is 22.1 Å². The van der Waals surface area contributed by atoms with Crippen molar-refractivity contribution in [2.45, 2.75) is 0 Å². The van der Waals surface area contributed by atoms with Crippen LogP contribution in [0.15, 0.2) is 65.3 Å². The molecule has 2 aromatic heterocycles. The molecular weight excluding hydrogens is 477 g/mol. The molecular formula is C25H15F3N4O4. The number of ether oxygens (including phenoxy) is 1. The average molecular weight is 492 g/mol. The Labute approximate surface area is 200 Å². The van der Waals surface area contributed by atoms with E-state index in [2.05, 4.69) is 20.6 Å². The lowest BCUT2D eigenvalue weighted by Gasteiger charge is -2.09. The van der Waals surface area contributed by atoms with E-state index in [0.717, 1.165) is 0 Å². The van der Waals surface area contributed by atoms with E-state index in [4.69, 9.17) is 9.15 Å². The Bertz CT molecular complexity index is 1650. The van der Waals surface area contributed by atoms with Crippen LogP contribution in [0.4, 0.5) is 30.4 Å². The minimum absolute atomic E-state index is 0.291. The highest BCUT2D eigenvalue weighted by Gasteiger charge is 2.18. The molecule has 0 unspecified atom stereocenters. The largest absolute Gasteiger partial charge is 0.465 e. The van der Waals surface area contributed by atoms with Gasteiger partial charge in [-0.25, -0.2) is 27.9 Å². The van der Waals surface area contributed by atoms with Crippen LogP contribution in [-0.2, 0) is 4.74 Å². The van der Waals surface area contributed by atoms with Crippen molar-refractivity contribution in [3.8, 4) is 0 Å². The van der Waals surface area contributed by atoms with Crippen LogP contribution >= 0.6 is 0 Å². The number of aromatic nitrogens is 2. The summed E-state index contributed by atoms with van der Waals surface area (Å²) >= 11 is 0. The Morgan fingerprint density at radius 3 is 2.36 bits per heavy atom. The van der Waals surface area contributed by atoms with E-state index in [1.807, 2.05) is 0 Å². The zero-order valence-electron chi connectivity index (χ0n) is 18.4. The maximum Gasteiger partial charge on any atom is 0.337 e. The molecule has 0 spiro atoms. The summed E-state index contributed by atoms with van der Waals surface area (Å²) in [5, 5.41) is 6.71. The van der Waals surface area contributed by atoms with Gasteiger partial charge in [-0.05, 0) is 48.5 Å². The van der Waals surface area contributed by atoms with Gasteiger partial charge in [-0.1, -0.05) is 0 Å². The number of nitrogens with one attached hydrogen (secondary N) is 2. The molecule has 180 valence electrons. The standard InChI is InChI=1S/C25H15F3N4O4/c1-35-25(34)12-2-7-20-16(8-12)21-22(29-11-30-24(21)36-20)31-13-3-5-14(6-4-13)32-23(33)15-9-18(27)19(28)10-17(15)26/h2-11H,1H3,(H,32,33)(H,29,30,31). The number of nitrogens with zero attached hydrogens (tertiary/aromatic N) is 2. The van der Waals surface area contributed by atoms with Crippen molar-refractivity contribution in [3.05, 3.63) is 89.5 Å². The normalized spacial score (nSPS) is 11.0. The number of furan rings is 1. The summed E-state index contributed by atoms with van der Waals surface area (Å²) < 4.78 is 50.9. The van der Waals surface area contributed by atoms with Crippen molar-refractivity contribution < 1.29 is 31.9 Å². The third-order valence-electron chi connectivity index (χ3n) is 5.35. The number of carbonyl (C=O) groups excluding carboxylic acids is 2.